The number of para-hydroxylation sites is 1. The van der Waals surface area contributed by atoms with E-state index in [4.69, 9.17) is 1.41 Å². The van der Waals surface area contributed by atoms with E-state index in [0.717, 1.165) is 24.0 Å². The Morgan fingerprint density at radius 3 is 2.69 bits per heavy atom. The van der Waals surface area contributed by atoms with Gasteiger partial charge in [0.1, 0.15) is 0 Å². The molecule has 0 aliphatic rings. The van der Waals surface area contributed by atoms with Crippen molar-refractivity contribution in [3.8, 4) is 0 Å². The van der Waals surface area contributed by atoms with Crippen molar-refractivity contribution in [3.63, 3.8) is 0 Å². The van der Waals surface area contributed by atoms with E-state index in [1.807, 2.05) is 0 Å². The van der Waals surface area contributed by atoms with E-state index in [2.05, 4.69) is 0 Å². The van der Waals surface area contributed by atoms with Gasteiger partial charge in [-0.2, -0.15) is 0 Å². The molecular formula is C11H12N2O3. The lowest BCUT2D eigenvalue weighted by Gasteiger charge is -2.03. The van der Waals surface area contributed by atoms with Crippen LogP contribution in [-0.2, 0) is 4.79 Å². The molecule has 0 saturated carbocycles. The smallest absolute Gasteiger partial charge is 0.327 e. The molecule has 0 saturated heterocycles. The predicted octanol–water partition coefficient (Wildman–Crippen LogP) is 2.11. The zero-order valence-corrected chi connectivity index (χ0v) is 9.01. The van der Waals surface area contributed by atoms with Crippen molar-refractivity contribution < 1.29 is 11.1 Å². The highest BCUT2D eigenvalue weighted by atomic mass is 16.6. The van der Waals surface area contributed by atoms with Gasteiger partial charge in [-0.1, -0.05) is 18.2 Å². The number of hydrogen-bond donors (Lipinski definition) is 1. The molecule has 0 heterocycles. The zero-order valence-electron chi connectivity index (χ0n) is 10.0. The van der Waals surface area contributed by atoms with E-state index < -0.39 is 16.4 Å². The summed E-state index contributed by atoms with van der Waals surface area (Å²) < 4.78 is 7.67. The van der Waals surface area contributed by atoms with Crippen molar-refractivity contribution in [1.82, 2.24) is 0 Å². The molecule has 1 rings (SSSR count). The first-order valence-corrected chi connectivity index (χ1v) is 4.64. The molecule has 0 radical (unpaired) electrons. The Hall–Kier alpha value is -2.17. The molecule has 0 aliphatic carbocycles. The van der Waals surface area contributed by atoms with Crippen LogP contribution >= 0.6 is 0 Å². The van der Waals surface area contributed by atoms with Crippen molar-refractivity contribution in [2.75, 3.05) is 5.31 Å². The average Bonchev–Trinajstić information content (AvgIpc) is 2.25. The maximum absolute atomic E-state index is 11.0. The highest BCUT2D eigenvalue weighted by molar-refractivity contribution is 5.91. The summed E-state index contributed by atoms with van der Waals surface area (Å²) in [6.07, 6.45) is 0.907. The molecule has 0 aliphatic heterocycles. The fraction of sp³-hybridized carbons (Fsp3) is 0.182. The minimum Gasteiger partial charge on any atom is -0.356 e. The standard InChI is InChI=1S/C11H12N2O3/c1-8-5-3-4-6-10(8)12-7-11(9(2)14)13(15)16/h3-7,12H,1-2H3/b11-7+/i/hD. The number of carbonyl (C=O) groups is 1. The average molecular weight is 221 g/mol. The number of benzene rings is 1. The minimum atomic E-state index is -0.790. The fourth-order valence-electron chi connectivity index (χ4n) is 1.11. The van der Waals surface area contributed by atoms with E-state index in [0.29, 0.717) is 5.69 Å². The summed E-state index contributed by atoms with van der Waals surface area (Å²) in [5, 5.41) is 11.4. The van der Waals surface area contributed by atoms with Crippen LogP contribution in [-0.4, -0.2) is 10.7 Å². The normalized spacial score (nSPS) is 11.9. The number of ketones is 1. The van der Waals surface area contributed by atoms with Gasteiger partial charge in [-0.25, -0.2) is 0 Å². The van der Waals surface area contributed by atoms with Gasteiger partial charge in [0.2, 0.25) is 5.78 Å². The Kier molecular flexibility index (Phi) is 3.28. The van der Waals surface area contributed by atoms with Crippen molar-refractivity contribution in [1.29, 1.82) is 0 Å². The summed E-state index contributed by atoms with van der Waals surface area (Å²) in [6.45, 7) is 2.88. The third-order valence-corrected chi connectivity index (χ3v) is 2.00. The first-order chi connectivity index (χ1) is 7.93. The molecule has 5 heteroatoms. The first kappa shape index (κ1) is 10.4. The van der Waals surface area contributed by atoms with Crippen LogP contribution in [0.2, 0.25) is 1.41 Å². The number of carbonyl (C=O) groups excluding carboxylic acids is 1. The van der Waals surface area contributed by atoms with Crippen LogP contribution in [0.3, 0.4) is 0 Å². The lowest BCUT2D eigenvalue weighted by atomic mass is 10.2. The third-order valence-electron chi connectivity index (χ3n) is 2.00. The van der Waals surface area contributed by atoms with Crippen LogP contribution in [0, 0.1) is 17.0 Å². The summed E-state index contributed by atoms with van der Waals surface area (Å²) in [6, 6.07) is 6.95. The van der Waals surface area contributed by atoms with Crippen LogP contribution in [0.1, 0.15) is 12.5 Å². The van der Waals surface area contributed by atoms with Gasteiger partial charge in [0.25, 0.3) is 0 Å². The van der Waals surface area contributed by atoms with Crippen LogP contribution in [0.25, 0.3) is 0 Å². The van der Waals surface area contributed by atoms with Gasteiger partial charge in [0.15, 0.2) is 1.41 Å². The topological polar surface area (TPSA) is 72.2 Å². The molecule has 0 aromatic heterocycles. The second-order valence-corrected chi connectivity index (χ2v) is 3.24. The third kappa shape index (κ3) is 2.91. The maximum Gasteiger partial charge on any atom is 0.327 e. The molecule has 1 N–H and O–H groups in total. The Bertz CT molecular complexity index is 469. The highest BCUT2D eigenvalue weighted by Crippen LogP contribution is 2.13. The van der Waals surface area contributed by atoms with Gasteiger partial charge >= 0.3 is 5.70 Å². The van der Waals surface area contributed by atoms with Gasteiger partial charge in [0.05, 0.1) is 11.1 Å². The molecule has 0 atom stereocenters. The van der Waals surface area contributed by atoms with Crippen molar-refractivity contribution in [2.24, 2.45) is 0 Å². The SMILES string of the molecule is [2H]N(/C=C(\C(C)=O)[N+](=O)[O-])c1ccccc1C. The molecule has 0 unspecified atom stereocenters. The number of nitrogens with one attached hydrogen (secondary N) is 1. The first-order valence-electron chi connectivity index (χ1n) is 5.09. The number of nitrogens with zero attached hydrogens (tertiary/aromatic N) is 1. The molecule has 1 aromatic rings. The molecule has 0 fully saturated rings. The monoisotopic (exact) mass is 221 g/mol. The van der Waals surface area contributed by atoms with Crippen LogP contribution in [0.5, 0.6) is 0 Å². The Balaban J connectivity index is 3.10. The zero-order chi connectivity index (χ0) is 13.0. The number of allylic oxidation sites excluding steroid dienone is 1. The van der Waals surface area contributed by atoms with E-state index in [9.17, 15) is 14.9 Å². The second kappa shape index (κ2) is 5.06. The molecule has 5 nitrogen and oxygen atoms in total. The minimum absolute atomic E-state index is 0.494. The summed E-state index contributed by atoms with van der Waals surface area (Å²) >= 11 is 0. The van der Waals surface area contributed by atoms with Crippen molar-refractivity contribution in [3.05, 3.63) is 51.8 Å². The van der Waals surface area contributed by atoms with E-state index in [1.165, 1.54) is 0 Å². The Morgan fingerprint density at radius 2 is 2.19 bits per heavy atom. The Morgan fingerprint density at radius 1 is 1.56 bits per heavy atom. The largest absolute Gasteiger partial charge is 0.356 e. The number of hydrogen-bond acceptors (Lipinski definition) is 4. The van der Waals surface area contributed by atoms with Crippen LogP contribution in [0.4, 0.5) is 5.69 Å². The number of anilines is 1. The summed E-state index contributed by atoms with van der Waals surface area (Å²) in [7, 11) is 0. The fourth-order valence-corrected chi connectivity index (χ4v) is 1.11. The maximum atomic E-state index is 11.0. The molecule has 84 valence electrons. The van der Waals surface area contributed by atoms with Gasteiger partial charge in [0, 0.05) is 12.6 Å². The quantitative estimate of drug-likeness (QED) is 0.480. The highest BCUT2D eigenvalue weighted by Gasteiger charge is 2.16. The van der Waals surface area contributed by atoms with Gasteiger partial charge in [-0.15, -0.1) is 0 Å². The lowest BCUT2D eigenvalue weighted by molar-refractivity contribution is -0.418. The molecule has 1 aromatic carbocycles. The molecular weight excluding hydrogens is 208 g/mol. The van der Waals surface area contributed by atoms with E-state index in [1.54, 1.807) is 31.2 Å². The number of nitro groups is 1. The second-order valence-electron chi connectivity index (χ2n) is 3.24. The molecule has 0 amide bonds. The van der Waals surface area contributed by atoms with Gasteiger partial charge < -0.3 is 5.31 Å². The van der Waals surface area contributed by atoms with Crippen LogP contribution in [0.15, 0.2) is 36.2 Å². The summed E-state index contributed by atoms with van der Waals surface area (Å²) in [4.78, 5) is 20.8. The van der Waals surface area contributed by atoms with E-state index >= 15 is 0 Å². The number of rotatable bonds is 4. The molecule has 0 spiro atoms. The lowest BCUT2D eigenvalue weighted by Crippen LogP contribution is -2.09. The van der Waals surface area contributed by atoms with Gasteiger partial charge in [-0.05, 0) is 18.6 Å². The van der Waals surface area contributed by atoms with Crippen molar-refractivity contribution in [2.45, 2.75) is 13.8 Å². The predicted molar refractivity (Wildman–Crippen MR) is 60.6 cm³/mol. The van der Waals surface area contributed by atoms with E-state index in [-0.39, 0.29) is 0 Å². The number of aryl methyl sites for hydroxylation is 1. The number of Topliss-reactive ketones (excluding diaryl/α,β-unsaturated/α-hetero) is 1. The van der Waals surface area contributed by atoms with Gasteiger partial charge in [-0.3, -0.25) is 14.9 Å². The summed E-state index contributed by atoms with van der Waals surface area (Å²) in [5.41, 5.74) is 0.682. The van der Waals surface area contributed by atoms with Crippen molar-refractivity contribution >= 4 is 11.5 Å². The molecule has 0 bridgehead atoms. The Labute approximate surface area is 94.4 Å². The molecule has 16 heavy (non-hydrogen) atoms. The van der Waals surface area contributed by atoms with Crippen LogP contribution < -0.4 is 5.31 Å². The summed E-state index contributed by atoms with van der Waals surface area (Å²) in [5.74, 6) is -0.680.